The Morgan fingerprint density at radius 1 is 1.16 bits per heavy atom. The molecule has 1 unspecified atom stereocenters. The van der Waals surface area contributed by atoms with Gasteiger partial charge in [0.25, 0.3) is 0 Å². The Morgan fingerprint density at radius 3 is 2.37 bits per heavy atom. The molecule has 0 bridgehead atoms. The minimum atomic E-state index is 0.716. The zero-order valence-corrected chi connectivity index (χ0v) is 12.5. The lowest BCUT2D eigenvalue weighted by molar-refractivity contribution is 0.206. The van der Waals surface area contributed by atoms with Crippen LogP contribution in [0.5, 0.6) is 0 Å². The van der Waals surface area contributed by atoms with E-state index in [4.69, 9.17) is 0 Å². The third-order valence-electron chi connectivity index (χ3n) is 4.30. The molecule has 0 aromatic heterocycles. The van der Waals surface area contributed by atoms with E-state index in [1.54, 1.807) is 11.1 Å². The summed E-state index contributed by atoms with van der Waals surface area (Å²) in [6.07, 6.45) is 5.03. The Hall–Kier alpha value is -0.860. The van der Waals surface area contributed by atoms with Crippen molar-refractivity contribution in [3.05, 3.63) is 35.4 Å². The quantitative estimate of drug-likeness (QED) is 0.791. The summed E-state index contributed by atoms with van der Waals surface area (Å²) in [5, 5.41) is 3.41. The van der Waals surface area contributed by atoms with Gasteiger partial charge in [0, 0.05) is 19.1 Å². The normalized spacial score (nSPS) is 17.8. The second kappa shape index (κ2) is 7.66. The van der Waals surface area contributed by atoms with E-state index in [-0.39, 0.29) is 0 Å². The SMILES string of the molecule is CCNCCCC(C)N1CCc2ccccc2CC1. The van der Waals surface area contributed by atoms with E-state index in [0.717, 1.165) is 13.1 Å². The number of rotatable bonds is 6. The highest BCUT2D eigenvalue weighted by Gasteiger charge is 2.17. The average Bonchev–Trinajstić information content (AvgIpc) is 2.66. The van der Waals surface area contributed by atoms with Crippen LogP contribution in [0.25, 0.3) is 0 Å². The van der Waals surface area contributed by atoms with E-state index < -0.39 is 0 Å². The zero-order valence-electron chi connectivity index (χ0n) is 12.5. The van der Waals surface area contributed by atoms with Gasteiger partial charge in [-0.15, -0.1) is 0 Å². The summed E-state index contributed by atoms with van der Waals surface area (Å²) in [4.78, 5) is 2.67. The van der Waals surface area contributed by atoms with Crippen molar-refractivity contribution < 1.29 is 0 Å². The van der Waals surface area contributed by atoms with E-state index in [9.17, 15) is 0 Å². The van der Waals surface area contributed by atoms with E-state index in [2.05, 4.69) is 48.3 Å². The molecule has 1 aromatic rings. The van der Waals surface area contributed by atoms with Crippen molar-refractivity contribution >= 4 is 0 Å². The highest BCUT2D eigenvalue weighted by molar-refractivity contribution is 5.28. The van der Waals surface area contributed by atoms with Crippen LogP contribution in [0, 0.1) is 0 Å². The fourth-order valence-electron chi connectivity index (χ4n) is 3.01. The molecule has 0 amide bonds. The van der Waals surface area contributed by atoms with Crippen LogP contribution in [-0.2, 0) is 12.8 Å². The smallest absolute Gasteiger partial charge is 0.00676 e. The number of fused-ring (bicyclic) bond motifs is 1. The van der Waals surface area contributed by atoms with E-state index in [0.29, 0.717) is 6.04 Å². The van der Waals surface area contributed by atoms with Crippen LogP contribution in [-0.4, -0.2) is 37.1 Å². The van der Waals surface area contributed by atoms with Crippen LogP contribution < -0.4 is 5.32 Å². The van der Waals surface area contributed by atoms with Crippen LogP contribution >= 0.6 is 0 Å². The van der Waals surface area contributed by atoms with Crippen LogP contribution in [0.15, 0.2) is 24.3 Å². The van der Waals surface area contributed by atoms with E-state index in [1.165, 1.54) is 38.8 Å². The van der Waals surface area contributed by atoms with Gasteiger partial charge >= 0.3 is 0 Å². The van der Waals surface area contributed by atoms with Crippen molar-refractivity contribution in [2.24, 2.45) is 0 Å². The van der Waals surface area contributed by atoms with Crippen LogP contribution in [0.3, 0.4) is 0 Å². The van der Waals surface area contributed by atoms with Crippen molar-refractivity contribution in [3.63, 3.8) is 0 Å². The second-order valence-electron chi connectivity index (χ2n) is 5.65. The maximum atomic E-state index is 3.41. The van der Waals surface area contributed by atoms with Gasteiger partial charge in [-0.25, -0.2) is 0 Å². The molecular formula is C17H28N2. The Bertz CT molecular complexity index is 348. The summed E-state index contributed by atoms with van der Waals surface area (Å²) in [6, 6.07) is 9.67. The standard InChI is InChI=1S/C17H28N2/c1-3-18-12-6-7-15(2)19-13-10-16-8-4-5-9-17(16)11-14-19/h4-5,8-9,15,18H,3,6-7,10-14H2,1-2H3. The van der Waals surface area contributed by atoms with Crippen molar-refractivity contribution in [1.29, 1.82) is 0 Å². The Kier molecular flexibility index (Phi) is 5.87. The van der Waals surface area contributed by atoms with E-state index in [1.807, 2.05) is 0 Å². The maximum absolute atomic E-state index is 3.41. The molecule has 1 N–H and O–H groups in total. The molecule has 0 saturated heterocycles. The van der Waals surface area contributed by atoms with Crippen LogP contribution in [0.2, 0.25) is 0 Å². The lowest BCUT2D eigenvalue weighted by atomic mass is 10.0. The Morgan fingerprint density at radius 2 is 1.79 bits per heavy atom. The van der Waals surface area contributed by atoms with Gasteiger partial charge in [0.05, 0.1) is 0 Å². The second-order valence-corrected chi connectivity index (χ2v) is 5.65. The molecule has 1 aromatic carbocycles. The van der Waals surface area contributed by atoms with E-state index >= 15 is 0 Å². The van der Waals surface area contributed by atoms with Crippen molar-refractivity contribution in [3.8, 4) is 0 Å². The summed E-state index contributed by atoms with van der Waals surface area (Å²) in [6.45, 7) is 9.26. The summed E-state index contributed by atoms with van der Waals surface area (Å²) in [5.74, 6) is 0. The maximum Gasteiger partial charge on any atom is 0.00676 e. The predicted molar refractivity (Wildman–Crippen MR) is 82.7 cm³/mol. The monoisotopic (exact) mass is 260 g/mol. The molecule has 0 spiro atoms. The lowest BCUT2D eigenvalue weighted by Gasteiger charge is -2.27. The van der Waals surface area contributed by atoms with Gasteiger partial charge in [-0.05, 0) is 56.8 Å². The largest absolute Gasteiger partial charge is 0.317 e. The number of hydrogen-bond acceptors (Lipinski definition) is 2. The van der Waals surface area contributed by atoms with Crippen LogP contribution in [0.4, 0.5) is 0 Å². The van der Waals surface area contributed by atoms with Crippen molar-refractivity contribution in [1.82, 2.24) is 10.2 Å². The summed E-state index contributed by atoms with van der Waals surface area (Å²) in [5.41, 5.74) is 3.12. The molecule has 106 valence electrons. The first kappa shape index (κ1) is 14.5. The third kappa shape index (κ3) is 4.32. The fourth-order valence-corrected chi connectivity index (χ4v) is 3.01. The topological polar surface area (TPSA) is 15.3 Å². The van der Waals surface area contributed by atoms with Gasteiger partial charge in [-0.3, -0.25) is 0 Å². The fraction of sp³-hybridized carbons (Fsp3) is 0.647. The molecule has 1 atom stereocenters. The molecule has 1 heterocycles. The van der Waals surface area contributed by atoms with Gasteiger partial charge in [0.1, 0.15) is 0 Å². The van der Waals surface area contributed by atoms with Gasteiger partial charge in [0.2, 0.25) is 0 Å². The predicted octanol–water partition coefficient (Wildman–Crippen LogP) is 2.87. The molecule has 0 aliphatic carbocycles. The minimum absolute atomic E-state index is 0.716. The Labute approximate surface area is 118 Å². The first-order valence-electron chi connectivity index (χ1n) is 7.82. The number of nitrogens with zero attached hydrogens (tertiary/aromatic N) is 1. The van der Waals surface area contributed by atoms with Gasteiger partial charge < -0.3 is 10.2 Å². The minimum Gasteiger partial charge on any atom is -0.317 e. The molecular weight excluding hydrogens is 232 g/mol. The van der Waals surface area contributed by atoms with Crippen molar-refractivity contribution in [2.45, 2.75) is 45.6 Å². The van der Waals surface area contributed by atoms with Crippen molar-refractivity contribution in [2.75, 3.05) is 26.2 Å². The molecule has 0 fully saturated rings. The summed E-state index contributed by atoms with van der Waals surface area (Å²) >= 11 is 0. The molecule has 2 rings (SSSR count). The molecule has 0 radical (unpaired) electrons. The highest BCUT2D eigenvalue weighted by Crippen LogP contribution is 2.18. The first-order chi connectivity index (χ1) is 9.31. The zero-order chi connectivity index (χ0) is 13.5. The molecule has 19 heavy (non-hydrogen) atoms. The molecule has 2 nitrogen and oxygen atoms in total. The van der Waals surface area contributed by atoms with Gasteiger partial charge in [-0.2, -0.15) is 0 Å². The van der Waals surface area contributed by atoms with Gasteiger partial charge in [0.15, 0.2) is 0 Å². The Balaban J connectivity index is 1.80. The van der Waals surface area contributed by atoms with Gasteiger partial charge in [-0.1, -0.05) is 31.2 Å². The average molecular weight is 260 g/mol. The number of nitrogens with one attached hydrogen (secondary N) is 1. The highest BCUT2D eigenvalue weighted by atomic mass is 15.1. The number of hydrogen-bond donors (Lipinski definition) is 1. The molecule has 1 aliphatic rings. The molecule has 0 saturated carbocycles. The molecule has 2 heteroatoms. The summed E-state index contributed by atoms with van der Waals surface area (Å²) < 4.78 is 0. The lowest BCUT2D eigenvalue weighted by Crippen LogP contribution is -2.35. The van der Waals surface area contributed by atoms with Crippen LogP contribution in [0.1, 0.15) is 37.8 Å². The summed E-state index contributed by atoms with van der Waals surface area (Å²) in [7, 11) is 0. The first-order valence-corrected chi connectivity index (χ1v) is 7.82. The third-order valence-corrected chi connectivity index (χ3v) is 4.30. The number of benzene rings is 1. The molecule has 1 aliphatic heterocycles.